The van der Waals surface area contributed by atoms with Crippen molar-refractivity contribution in [3.63, 3.8) is 0 Å². The van der Waals surface area contributed by atoms with E-state index < -0.39 is 28.5 Å². The topological polar surface area (TPSA) is 86.8 Å². The van der Waals surface area contributed by atoms with Crippen LogP contribution in [0.2, 0.25) is 5.02 Å². The Hall–Kier alpha value is -3.36. The van der Waals surface area contributed by atoms with Gasteiger partial charge in [-0.25, -0.2) is 8.42 Å². The Morgan fingerprint density at radius 2 is 1.57 bits per heavy atom. The Labute approximate surface area is 242 Å². The van der Waals surface area contributed by atoms with Crippen LogP contribution in [0.1, 0.15) is 50.2 Å². The van der Waals surface area contributed by atoms with E-state index in [4.69, 9.17) is 11.6 Å². The third-order valence-corrected chi connectivity index (χ3v) is 9.37. The van der Waals surface area contributed by atoms with E-state index in [-0.39, 0.29) is 23.4 Å². The molecule has 1 atom stereocenters. The maximum atomic E-state index is 14.1. The maximum absolute atomic E-state index is 14.1. The summed E-state index contributed by atoms with van der Waals surface area (Å²) in [7, 11) is -4.14. The molecule has 0 radical (unpaired) electrons. The summed E-state index contributed by atoms with van der Waals surface area (Å²) in [5.41, 5.74) is 1.79. The Morgan fingerprint density at radius 1 is 0.950 bits per heavy atom. The number of carbonyl (C=O) groups excluding carboxylic acids is 2. The quantitative estimate of drug-likeness (QED) is 0.332. The van der Waals surface area contributed by atoms with Gasteiger partial charge in [0.1, 0.15) is 12.6 Å². The Balaban J connectivity index is 1.68. The molecule has 0 aliphatic heterocycles. The van der Waals surface area contributed by atoms with Gasteiger partial charge in [-0.2, -0.15) is 0 Å². The summed E-state index contributed by atoms with van der Waals surface area (Å²) in [6.07, 6.45) is 5.13. The Kier molecular flexibility index (Phi) is 9.87. The number of sulfonamides is 1. The first-order valence-electron chi connectivity index (χ1n) is 13.6. The number of rotatable bonds is 10. The molecule has 4 rings (SSSR count). The van der Waals surface area contributed by atoms with Crippen molar-refractivity contribution in [1.29, 1.82) is 0 Å². The minimum absolute atomic E-state index is 0.0554. The van der Waals surface area contributed by atoms with Gasteiger partial charge in [0.05, 0.1) is 10.6 Å². The lowest BCUT2D eigenvalue weighted by atomic mass is 9.95. The lowest BCUT2D eigenvalue weighted by Gasteiger charge is -2.33. The molecule has 3 aromatic rings. The molecule has 2 amide bonds. The molecule has 3 aromatic carbocycles. The van der Waals surface area contributed by atoms with E-state index in [1.165, 1.54) is 17.0 Å². The van der Waals surface area contributed by atoms with Gasteiger partial charge in [0.15, 0.2) is 0 Å². The minimum atomic E-state index is -4.14. The molecule has 0 aromatic heterocycles. The van der Waals surface area contributed by atoms with Crippen molar-refractivity contribution in [2.75, 3.05) is 10.8 Å². The number of halogens is 1. The van der Waals surface area contributed by atoms with E-state index >= 15 is 0 Å². The number of anilines is 1. The van der Waals surface area contributed by atoms with Gasteiger partial charge in [-0.05, 0) is 62.1 Å². The van der Waals surface area contributed by atoms with E-state index in [2.05, 4.69) is 5.32 Å². The molecule has 0 saturated heterocycles. The third-order valence-electron chi connectivity index (χ3n) is 7.36. The van der Waals surface area contributed by atoms with Crippen LogP contribution in [-0.2, 0) is 26.2 Å². The number of benzene rings is 3. The van der Waals surface area contributed by atoms with Crippen molar-refractivity contribution in [2.24, 2.45) is 0 Å². The van der Waals surface area contributed by atoms with Crippen LogP contribution in [0, 0.1) is 6.92 Å². The zero-order valence-electron chi connectivity index (χ0n) is 22.9. The number of nitrogens with one attached hydrogen (secondary N) is 1. The summed E-state index contributed by atoms with van der Waals surface area (Å²) < 4.78 is 28.9. The second-order valence-corrected chi connectivity index (χ2v) is 12.6. The van der Waals surface area contributed by atoms with Crippen LogP contribution in [0.4, 0.5) is 5.69 Å². The molecular formula is C31H36ClN3O4S. The predicted octanol–water partition coefficient (Wildman–Crippen LogP) is 5.71. The average Bonchev–Trinajstić information content (AvgIpc) is 2.97. The Morgan fingerprint density at radius 3 is 2.23 bits per heavy atom. The van der Waals surface area contributed by atoms with E-state index in [0.717, 1.165) is 42.0 Å². The highest BCUT2D eigenvalue weighted by Gasteiger charge is 2.33. The SMILES string of the molecule is Cc1ccc(Cl)cc1N(CC(=O)N(Cc1ccccc1)[C@@H](C)C(=O)NC1CCCCC1)S(=O)(=O)c1ccccc1. The fourth-order valence-electron chi connectivity index (χ4n) is 5.02. The zero-order chi connectivity index (χ0) is 28.7. The molecule has 0 unspecified atom stereocenters. The lowest BCUT2D eigenvalue weighted by molar-refractivity contribution is -0.139. The molecule has 1 fully saturated rings. The maximum Gasteiger partial charge on any atom is 0.264 e. The van der Waals surface area contributed by atoms with Crippen molar-refractivity contribution >= 4 is 39.1 Å². The zero-order valence-corrected chi connectivity index (χ0v) is 24.5. The van der Waals surface area contributed by atoms with Crippen LogP contribution >= 0.6 is 11.6 Å². The molecule has 1 saturated carbocycles. The van der Waals surface area contributed by atoms with Gasteiger partial charge in [-0.3, -0.25) is 13.9 Å². The minimum Gasteiger partial charge on any atom is -0.352 e. The van der Waals surface area contributed by atoms with E-state index in [1.54, 1.807) is 50.2 Å². The lowest BCUT2D eigenvalue weighted by Crippen LogP contribution is -2.53. The summed E-state index contributed by atoms with van der Waals surface area (Å²) in [5, 5.41) is 3.47. The van der Waals surface area contributed by atoms with Crippen LogP contribution in [0.3, 0.4) is 0 Å². The van der Waals surface area contributed by atoms with Crippen molar-refractivity contribution in [2.45, 2.75) is 69.5 Å². The standard InChI is InChI=1S/C31H36ClN3O4S/c1-23-18-19-26(32)20-29(23)35(40(38,39)28-16-10-5-11-17-28)22-30(36)34(21-25-12-6-3-7-13-25)24(2)31(37)33-27-14-8-4-9-15-27/h3,5-7,10-13,16-20,24,27H,4,8-9,14-15,21-22H2,1-2H3,(H,33,37)/t24-/m0/s1. The fourth-order valence-corrected chi connectivity index (χ4v) is 6.67. The third kappa shape index (κ3) is 7.23. The van der Waals surface area contributed by atoms with Crippen LogP contribution in [0.25, 0.3) is 0 Å². The molecule has 9 heteroatoms. The monoisotopic (exact) mass is 581 g/mol. The molecule has 0 heterocycles. The normalized spacial score (nSPS) is 14.8. The summed E-state index contributed by atoms with van der Waals surface area (Å²) in [4.78, 5) is 28.9. The predicted molar refractivity (Wildman–Crippen MR) is 159 cm³/mol. The summed E-state index contributed by atoms with van der Waals surface area (Å²) in [5.74, 6) is -0.735. The average molecular weight is 582 g/mol. The number of hydrogen-bond donors (Lipinski definition) is 1. The van der Waals surface area contributed by atoms with E-state index in [0.29, 0.717) is 16.3 Å². The van der Waals surface area contributed by atoms with Gasteiger partial charge in [0, 0.05) is 17.6 Å². The van der Waals surface area contributed by atoms with Crippen molar-refractivity contribution in [1.82, 2.24) is 10.2 Å². The van der Waals surface area contributed by atoms with Crippen molar-refractivity contribution < 1.29 is 18.0 Å². The molecule has 1 N–H and O–H groups in total. The van der Waals surface area contributed by atoms with Crippen LogP contribution < -0.4 is 9.62 Å². The van der Waals surface area contributed by atoms with Gasteiger partial charge in [0.2, 0.25) is 11.8 Å². The number of carbonyl (C=O) groups is 2. The van der Waals surface area contributed by atoms with E-state index in [1.807, 2.05) is 30.3 Å². The van der Waals surface area contributed by atoms with Gasteiger partial charge in [-0.1, -0.05) is 85.5 Å². The second-order valence-electron chi connectivity index (χ2n) is 10.3. The molecule has 1 aliphatic rings. The fraction of sp³-hybridized carbons (Fsp3) is 0.355. The highest BCUT2D eigenvalue weighted by atomic mass is 35.5. The van der Waals surface area contributed by atoms with Gasteiger partial charge in [0.25, 0.3) is 10.0 Å². The van der Waals surface area contributed by atoms with Gasteiger partial charge >= 0.3 is 0 Å². The Bertz CT molecular complexity index is 1410. The summed E-state index contributed by atoms with van der Waals surface area (Å²) in [6, 6.07) is 21.6. The van der Waals surface area contributed by atoms with Crippen molar-refractivity contribution in [3.8, 4) is 0 Å². The van der Waals surface area contributed by atoms with Crippen LogP contribution in [0.15, 0.2) is 83.8 Å². The molecule has 7 nitrogen and oxygen atoms in total. The van der Waals surface area contributed by atoms with E-state index in [9.17, 15) is 18.0 Å². The molecule has 212 valence electrons. The molecular weight excluding hydrogens is 546 g/mol. The summed E-state index contributed by atoms with van der Waals surface area (Å²) in [6.45, 7) is 3.13. The van der Waals surface area contributed by atoms with Crippen LogP contribution in [0.5, 0.6) is 0 Å². The number of hydrogen-bond acceptors (Lipinski definition) is 4. The van der Waals surface area contributed by atoms with Crippen LogP contribution in [-0.4, -0.2) is 43.8 Å². The summed E-state index contributed by atoms with van der Waals surface area (Å²) >= 11 is 6.28. The van der Waals surface area contributed by atoms with Crippen molar-refractivity contribution in [3.05, 3.63) is 95.0 Å². The number of nitrogens with zero attached hydrogens (tertiary/aromatic N) is 2. The molecule has 0 spiro atoms. The largest absolute Gasteiger partial charge is 0.352 e. The molecule has 40 heavy (non-hydrogen) atoms. The first-order chi connectivity index (χ1) is 19.2. The molecule has 0 bridgehead atoms. The highest BCUT2D eigenvalue weighted by molar-refractivity contribution is 7.92. The first-order valence-corrected chi connectivity index (χ1v) is 15.5. The first kappa shape index (κ1) is 29.6. The number of amides is 2. The molecule has 1 aliphatic carbocycles. The second kappa shape index (κ2) is 13.3. The van der Waals surface area contributed by atoms with Gasteiger partial charge in [-0.15, -0.1) is 0 Å². The van der Waals surface area contributed by atoms with Gasteiger partial charge < -0.3 is 10.2 Å². The smallest absolute Gasteiger partial charge is 0.264 e. The number of aryl methyl sites for hydroxylation is 1. The highest BCUT2D eigenvalue weighted by Crippen LogP contribution is 2.30.